The molecule has 0 fully saturated rings. The summed E-state index contributed by atoms with van der Waals surface area (Å²) in [6, 6.07) is 8.53. The molecule has 2 nitrogen and oxygen atoms in total. The number of benzene rings is 1. The zero-order chi connectivity index (χ0) is 8.39. The summed E-state index contributed by atoms with van der Waals surface area (Å²) < 4.78 is 0. The number of nitrogens with zero attached hydrogens (tertiary/aromatic N) is 1. The minimum Gasteiger partial charge on any atom is -0.372 e. The zero-order valence-corrected chi connectivity index (χ0v) is 7.38. The first-order valence-corrected chi connectivity index (χ1v) is 4.36. The maximum absolute atomic E-state index is 3.40. The van der Waals surface area contributed by atoms with Crippen molar-refractivity contribution in [3.63, 3.8) is 0 Å². The van der Waals surface area contributed by atoms with E-state index in [0.717, 1.165) is 19.6 Å². The predicted octanol–water partition coefficient (Wildman–Crippen LogP) is 1.54. The number of likely N-dealkylation sites (N-methyl/N-ethyl adjacent to an activating group) is 1. The van der Waals surface area contributed by atoms with Gasteiger partial charge in [0.25, 0.3) is 0 Å². The van der Waals surface area contributed by atoms with E-state index in [1.165, 1.54) is 11.3 Å². The third-order valence-electron chi connectivity index (χ3n) is 2.32. The highest BCUT2D eigenvalue weighted by Crippen LogP contribution is 2.17. The fraction of sp³-hybridized carbons (Fsp3) is 0.400. The fourth-order valence-electron chi connectivity index (χ4n) is 1.52. The summed E-state index contributed by atoms with van der Waals surface area (Å²) >= 11 is 0. The Morgan fingerprint density at radius 3 is 3.08 bits per heavy atom. The van der Waals surface area contributed by atoms with Gasteiger partial charge < -0.3 is 5.32 Å². The standard InChI is InChI=1S/C10H14N2/c1-12-7-6-9-4-2-3-5-10(9)11-8-12/h2-5,11H,6-8H2,1H3. The Morgan fingerprint density at radius 1 is 1.33 bits per heavy atom. The van der Waals surface area contributed by atoms with Crippen molar-refractivity contribution in [3.8, 4) is 0 Å². The van der Waals surface area contributed by atoms with Crippen molar-refractivity contribution in [2.75, 3.05) is 25.6 Å². The Labute approximate surface area is 73.2 Å². The minimum atomic E-state index is 0.955. The third-order valence-corrected chi connectivity index (χ3v) is 2.32. The van der Waals surface area contributed by atoms with Crippen LogP contribution in [0.4, 0.5) is 5.69 Å². The molecule has 0 bridgehead atoms. The van der Waals surface area contributed by atoms with E-state index in [1.807, 2.05) is 0 Å². The summed E-state index contributed by atoms with van der Waals surface area (Å²) in [7, 11) is 2.14. The van der Waals surface area contributed by atoms with Gasteiger partial charge in [-0.2, -0.15) is 0 Å². The molecule has 1 aromatic carbocycles. The van der Waals surface area contributed by atoms with Crippen molar-refractivity contribution in [2.45, 2.75) is 6.42 Å². The van der Waals surface area contributed by atoms with Gasteiger partial charge in [-0.25, -0.2) is 0 Å². The van der Waals surface area contributed by atoms with Gasteiger partial charge in [-0.15, -0.1) is 0 Å². The average Bonchev–Trinajstić information content (AvgIpc) is 2.29. The number of anilines is 1. The van der Waals surface area contributed by atoms with E-state index in [-0.39, 0.29) is 0 Å². The van der Waals surface area contributed by atoms with E-state index in [4.69, 9.17) is 0 Å². The van der Waals surface area contributed by atoms with Crippen LogP contribution in [-0.2, 0) is 6.42 Å². The Kier molecular flexibility index (Phi) is 2.00. The first-order chi connectivity index (χ1) is 5.86. The minimum absolute atomic E-state index is 0.955. The summed E-state index contributed by atoms with van der Waals surface area (Å²) in [6.45, 7) is 2.10. The Morgan fingerprint density at radius 2 is 2.17 bits per heavy atom. The van der Waals surface area contributed by atoms with Crippen LogP contribution in [-0.4, -0.2) is 25.2 Å². The number of hydrogen-bond acceptors (Lipinski definition) is 2. The SMILES string of the molecule is CN1CCc2ccccc2NC1. The molecule has 1 heterocycles. The normalized spacial score (nSPS) is 17.8. The molecule has 0 saturated heterocycles. The Hall–Kier alpha value is -1.02. The molecule has 0 aromatic heterocycles. The summed E-state index contributed by atoms with van der Waals surface area (Å²) in [5, 5.41) is 3.40. The van der Waals surface area contributed by atoms with Gasteiger partial charge in [0.1, 0.15) is 0 Å². The second kappa shape index (κ2) is 3.15. The second-order valence-corrected chi connectivity index (χ2v) is 3.32. The van der Waals surface area contributed by atoms with Gasteiger partial charge in [0.15, 0.2) is 0 Å². The topological polar surface area (TPSA) is 15.3 Å². The van der Waals surface area contributed by atoms with Gasteiger partial charge in [-0.1, -0.05) is 18.2 Å². The third kappa shape index (κ3) is 1.43. The lowest BCUT2D eigenvalue weighted by Crippen LogP contribution is -2.24. The first-order valence-electron chi connectivity index (χ1n) is 4.36. The van der Waals surface area contributed by atoms with Crippen LogP contribution in [0.3, 0.4) is 0 Å². The van der Waals surface area contributed by atoms with Crippen LogP contribution in [0, 0.1) is 0 Å². The Bertz CT molecular complexity index is 243. The molecule has 1 N–H and O–H groups in total. The molecular formula is C10H14N2. The van der Waals surface area contributed by atoms with Gasteiger partial charge in [0.2, 0.25) is 0 Å². The number of rotatable bonds is 0. The molecular weight excluding hydrogens is 148 g/mol. The second-order valence-electron chi connectivity index (χ2n) is 3.32. The highest BCUT2D eigenvalue weighted by molar-refractivity contribution is 5.51. The van der Waals surface area contributed by atoms with Gasteiger partial charge >= 0.3 is 0 Å². The van der Waals surface area contributed by atoms with Crippen LogP contribution in [0.25, 0.3) is 0 Å². The van der Waals surface area contributed by atoms with E-state index in [1.54, 1.807) is 0 Å². The van der Waals surface area contributed by atoms with Gasteiger partial charge in [0, 0.05) is 12.2 Å². The molecule has 1 aromatic rings. The van der Waals surface area contributed by atoms with Gasteiger partial charge in [-0.3, -0.25) is 4.90 Å². The van der Waals surface area contributed by atoms with Crippen LogP contribution in [0.2, 0.25) is 0 Å². The van der Waals surface area contributed by atoms with Crippen molar-refractivity contribution in [3.05, 3.63) is 29.8 Å². The molecule has 0 unspecified atom stereocenters. The number of fused-ring (bicyclic) bond motifs is 1. The summed E-state index contributed by atoms with van der Waals surface area (Å²) in [5.74, 6) is 0. The summed E-state index contributed by atoms with van der Waals surface area (Å²) in [4.78, 5) is 2.29. The predicted molar refractivity (Wildman–Crippen MR) is 51.3 cm³/mol. The first kappa shape index (κ1) is 7.62. The monoisotopic (exact) mass is 162 g/mol. The van der Waals surface area contributed by atoms with Crippen molar-refractivity contribution < 1.29 is 0 Å². The van der Waals surface area contributed by atoms with Gasteiger partial charge in [-0.05, 0) is 25.1 Å². The molecule has 12 heavy (non-hydrogen) atoms. The molecule has 0 atom stereocenters. The van der Waals surface area contributed by atoms with E-state index in [9.17, 15) is 0 Å². The quantitative estimate of drug-likeness (QED) is 0.622. The number of nitrogens with one attached hydrogen (secondary N) is 1. The number of hydrogen-bond donors (Lipinski definition) is 1. The summed E-state index contributed by atoms with van der Waals surface area (Å²) in [6.07, 6.45) is 1.15. The molecule has 2 heteroatoms. The maximum Gasteiger partial charge on any atom is 0.0676 e. The highest BCUT2D eigenvalue weighted by Gasteiger charge is 2.07. The molecule has 0 saturated carbocycles. The molecule has 1 aliphatic heterocycles. The van der Waals surface area contributed by atoms with E-state index < -0.39 is 0 Å². The lowest BCUT2D eigenvalue weighted by atomic mass is 10.1. The molecule has 0 amide bonds. The van der Waals surface area contributed by atoms with Crippen LogP contribution < -0.4 is 5.32 Å². The average molecular weight is 162 g/mol. The van der Waals surface area contributed by atoms with Crippen molar-refractivity contribution in [2.24, 2.45) is 0 Å². The van der Waals surface area contributed by atoms with Crippen LogP contribution in [0.5, 0.6) is 0 Å². The maximum atomic E-state index is 3.40. The molecule has 1 aliphatic rings. The fourth-order valence-corrected chi connectivity index (χ4v) is 1.52. The highest BCUT2D eigenvalue weighted by atomic mass is 15.2. The lowest BCUT2D eigenvalue weighted by Gasteiger charge is -2.12. The van der Waals surface area contributed by atoms with E-state index in [2.05, 4.69) is 41.5 Å². The van der Waals surface area contributed by atoms with Crippen LogP contribution in [0.15, 0.2) is 24.3 Å². The molecule has 64 valence electrons. The Balaban J connectivity index is 2.26. The lowest BCUT2D eigenvalue weighted by molar-refractivity contribution is 0.369. The van der Waals surface area contributed by atoms with Crippen LogP contribution in [0.1, 0.15) is 5.56 Å². The van der Waals surface area contributed by atoms with Crippen molar-refractivity contribution in [1.29, 1.82) is 0 Å². The summed E-state index contributed by atoms with van der Waals surface area (Å²) in [5.41, 5.74) is 2.73. The molecule has 0 spiro atoms. The van der Waals surface area contributed by atoms with Crippen molar-refractivity contribution in [1.82, 2.24) is 4.90 Å². The van der Waals surface area contributed by atoms with E-state index in [0.29, 0.717) is 0 Å². The van der Waals surface area contributed by atoms with E-state index >= 15 is 0 Å². The molecule has 0 aliphatic carbocycles. The van der Waals surface area contributed by atoms with Gasteiger partial charge in [0.05, 0.1) is 6.67 Å². The molecule has 2 rings (SSSR count). The van der Waals surface area contributed by atoms with Crippen molar-refractivity contribution >= 4 is 5.69 Å². The smallest absolute Gasteiger partial charge is 0.0676 e. The number of para-hydroxylation sites is 1. The molecule has 0 radical (unpaired) electrons. The largest absolute Gasteiger partial charge is 0.372 e. The zero-order valence-electron chi connectivity index (χ0n) is 7.38. The van der Waals surface area contributed by atoms with Crippen LogP contribution >= 0.6 is 0 Å².